The predicted octanol–water partition coefficient (Wildman–Crippen LogP) is 3.21. The second kappa shape index (κ2) is 8.18. The van der Waals surface area contributed by atoms with E-state index in [4.69, 9.17) is 0 Å². The third-order valence-electron chi connectivity index (χ3n) is 3.33. The molecular formula is C18H30N2O. The number of amides is 1. The second-order valence-corrected chi connectivity index (χ2v) is 6.76. The molecule has 0 aliphatic rings. The average molecular weight is 290 g/mol. The Hall–Kier alpha value is -1.35. The molecule has 3 nitrogen and oxygen atoms in total. The molecule has 0 saturated carbocycles. The highest BCUT2D eigenvalue weighted by molar-refractivity contribution is 5.81. The van der Waals surface area contributed by atoms with Crippen LogP contribution in [0.15, 0.2) is 24.3 Å². The van der Waals surface area contributed by atoms with E-state index in [0.29, 0.717) is 6.54 Å². The van der Waals surface area contributed by atoms with E-state index in [0.717, 1.165) is 19.3 Å². The van der Waals surface area contributed by atoms with Crippen LogP contribution in [-0.4, -0.2) is 24.0 Å². The van der Waals surface area contributed by atoms with Crippen LogP contribution in [0.1, 0.15) is 51.7 Å². The summed E-state index contributed by atoms with van der Waals surface area (Å²) in [6.07, 6.45) is 2.74. The van der Waals surface area contributed by atoms with Gasteiger partial charge in [-0.1, -0.05) is 43.2 Å². The van der Waals surface area contributed by atoms with Gasteiger partial charge in [-0.2, -0.15) is 0 Å². The summed E-state index contributed by atoms with van der Waals surface area (Å²) in [5, 5.41) is 6.45. The maximum atomic E-state index is 12.3. The van der Waals surface area contributed by atoms with E-state index in [2.05, 4.69) is 69.5 Å². The summed E-state index contributed by atoms with van der Waals surface area (Å²) >= 11 is 0. The first-order chi connectivity index (χ1) is 9.81. The Labute approximate surface area is 129 Å². The van der Waals surface area contributed by atoms with Crippen LogP contribution in [-0.2, 0) is 11.2 Å². The highest BCUT2D eigenvalue weighted by atomic mass is 16.2. The lowest BCUT2D eigenvalue weighted by atomic mass is 10.0. The molecule has 1 aromatic rings. The van der Waals surface area contributed by atoms with Gasteiger partial charge in [-0.05, 0) is 46.1 Å². The summed E-state index contributed by atoms with van der Waals surface area (Å²) in [5.41, 5.74) is 2.48. The first-order valence-electron chi connectivity index (χ1n) is 7.93. The molecule has 1 amide bonds. The Morgan fingerprint density at radius 3 is 2.33 bits per heavy atom. The van der Waals surface area contributed by atoms with Gasteiger partial charge >= 0.3 is 0 Å². The van der Waals surface area contributed by atoms with Gasteiger partial charge in [0.2, 0.25) is 5.91 Å². The van der Waals surface area contributed by atoms with Crippen LogP contribution in [0.4, 0.5) is 0 Å². The van der Waals surface area contributed by atoms with E-state index in [9.17, 15) is 4.79 Å². The number of aryl methyl sites for hydroxylation is 1. The second-order valence-electron chi connectivity index (χ2n) is 6.76. The molecule has 3 heteroatoms. The lowest BCUT2D eigenvalue weighted by molar-refractivity contribution is -0.123. The van der Waals surface area contributed by atoms with Crippen molar-refractivity contribution < 1.29 is 4.79 Å². The van der Waals surface area contributed by atoms with Gasteiger partial charge in [0.05, 0.1) is 6.04 Å². The summed E-state index contributed by atoms with van der Waals surface area (Å²) in [7, 11) is 0. The number of benzene rings is 1. The maximum absolute atomic E-state index is 12.3. The van der Waals surface area contributed by atoms with E-state index in [1.807, 2.05) is 0 Å². The molecule has 1 atom stereocenters. The van der Waals surface area contributed by atoms with Gasteiger partial charge in [0.1, 0.15) is 0 Å². The molecule has 0 saturated heterocycles. The summed E-state index contributed by atoms with van der Waals surface area (Å²) in [4.78, 5) is 12.3. The molecule has 118 valence electrons. The molecule has 21 heavy (non-hydrogen) atoms. The van der Waals surface area contributed by atoms with Gasteiger partial charge < -0.3 is 10.6 Å². The third kappa shape index (κ3) is 7.28. The maximum Gasteiger partial charge on any atom is 0.237 e. The zero-order chi connectivity index (χ0) is 15.9. The van der Waals surface area contributed by atoms with Crippen molar-refractivity contribution in [3.63, 3.8) is 0 Å². The first-order valence-corrected chi connectivity index (χ1v) is 7.93. The number of hydrogen-bond donors (Lipinski definition) is 2. The molecule has 0 bridgehead atoms. The predicted molar refractivity (Wildman–Crippen MR) is 89.5 cm³/mol. The minimum absolute atomic E-state index is 0.0475. The zero-order valence-corrected chi connectivity index (χ0v) is 14.1. The van der Waals surface area contributed by atoms with Crippen LogP contribution >= 0.6 is 0 Å². The molecule has 0 spiro atoms. The standard InChI is InChI=1S/C18H30N2O/c1-6-7-16(20-18(3,4)5)17(21)19-13-12-15-10-8-14(2)9-11-15/h8-11,16,20H,6-7,12-13H2,1-5H3,(H,19,21). The number of carbonyl (C=O) groups excluding carboxylic acids is 1. The van der Waals surface area contributed by atoms with Crippen LogP contribution in [0.5, 0.6) is 0 Å². The van der Waals surface area contributed by atoms with E-state index in [-0.39, 0.29) is 17.5 Å². The summed E-state index contributed by atoms with van der Waals surface area (Å²) < 4.78 is 0. The Balaban J connectivity index is 2.44. The molecule has 1 rings (SSSR count). The number of nitrogens with one attached hydrogen (secondary N) is 2. The monoisotopic (exact) mass is 290 g/mol. The number of carbonyl (C=O) groups is 1. The van der Waals surface area contributed by atoms with Crippen molar-refractivity contribution in [2.45, 2.75) is 65.5 Å². The number of rotatable bonds is 7. The van der Waals surface area contributed by atoms with Gasteiger partial charge in [-0.15, -0.1) is 0 Å². The summed E-state index contributed by atoms with van der Waals surface area (Å²) in [6.45, 7) is 11.2. The van der Waals surface area contributed by atoms with Crippen LogP contribution < -0.4 is 10.6 Å². The van der Waals surface area contributed by atoms with Crippen LogP contribution in [0.3, 0.4) is 0 Å². The first kappa shape index (κ1) is 17.7. The molecular weight excluding hydrogens is 260 g/mol. The SMILES string of the molecule is CCCC(NC(C)(C)C)C(=O)NCCc1ccc(C)cc1. The summed E-state index contributed by atoms with van der Waals surface area (Å²) in [6, 6.07) is 8.36. The van der Waals surface area contributed by atoms with Gasteiger partial charge in [-0.3, -0.25) is 4.79 Å². The lowest BCUT2D eigenvalue weighted by Crippen LogP contribution is -2.51. The fraction of sp³-hybridized carbons (Fsp3) is 0.611. The van der Waals surface area contributed by atoms with Crippen LogP contribution in [0, 0.1) is 6.92 Å². The summed E-state index contributed by atoms with van der Waals surface area (Å²) in [5.74, 6) is 0.110. The van der Waals surface area contributed by atoms with Crippen molar-refractivity contribution in [1.29, 1.82) is 0 Å². The van der Waals surface area contributed by atoms with E-state index < -0.39 is 0 Å². The molecule has 0 aliphatic carbocycles. The van der Waals surface area contributed by atoms with Crippen LogP contribution in [0.2, 0.25) is 0 Å². The normalized spacial score (nSPS) is 13.0. The molecule has 1 unspecified atom stereocenters. The van der Waals surface area contributed by atoms with E-state index in [1.165, 1.54) is 11.1 Å². The van der Waals surface area contributed by atoms with Crippen molar-refractivity contribution >= 4 is 5.91 Å². The van der Waals surface area contributed by atoms with Crippen molar-refractivity contribution in [1.82, 2.24) is 10.6 Å². The van der Waals surface area contributed by atoms with Crippen molar-refractivity contribution in [3.05, 3.63) is 35.4 Å². The zero-order valence-electron chi connectivity index (χ0n) is 14.1. The smallest absolute Gasteiger partial charge is 0.237 e. The molecule has 0 fully saturated rings. The highest BCUT2D eigenvalue weighted by Gasteiger charge is 2.22. The quantitative estimate of drug-likeness (QED) is 0.809. The fourth-order valence-electron chi connectivity index (χ4n) is 2.29. The largest absolute Gasteiger partial charge is 0.354 e. The molecule has 0 aromatic heterocycles. The molecule has 1 aromatic carbocycles. The Morgan fingerprint density at radius 1 is 1.19 bits per heavy atom. The Bertz CT molecular complexity index is 432. The number of hydrogen-bond acceptors (Lipinski definition) is 2. The van der Waals surface area contributed by atoms with Gasteiger partial charge in [-0.25, -0.2) is 0 Å². The third-order valence-corrected chi connectivity index (χ3v) is 3.33. The molecule has 0 radical (unpaired) electrons. The average Bonchev–Trinajstić information content (AvgIpc) is 2.39. The van der Waals surface area contributed by atoms with Crippen molar-refractivity contribution in [2.75, 3.05) is 6.54 Å². The minimum Gasteiger partial charge on any atom is -0.354 e. The molecule has 0 aliphatic heterocycles. The fourth-order valence-corrected chi connectivity index (χ4v) is 2.29. The van der Waals surface area contributed by atoms with Crippen molar-refractivity contribution in [3.8, 4) is 0 Å². The van der Waals surface area contributed by atoms with Gasteiger partial charge in [0.25, 0.3) is 0 Å². The van der Waals surface area contributed by atoms with Crippen LogP contribution in [0.25, 0.3) is 0 Å². The molecule has 0 heterocycles. The Morgan fingerprint density at radius 2 is 1.81 bits per heavy atom. The van der Waals surface area contributed by atoms with E-state index in [1.54, 1.807) is 0 Å². The Kier molecular flexibility index (Phi) is 6.90. The molecule has 2 N–H and O–H groups in total. The van der Waals surface area contributed by atoms with E-state index >= 15 is 0 Å². The minimum atomic E-state index is -0.104. The van der Waals surface area contributed by atoms with Gasteiger partial charge in [0, 0.05) is 12.1 Å². The highest BCUT2D eigenvalue weighted by Crippen LogP contribution is 2.07. The van der Waals surface area contributed by atoms with Gasteiger partial charge in [0.15, 0.2) is 0 Å². The topological polar surface area (TPSA) is 41.1 Å². The van der Waals surface area contributed by atoms with Crippen molar-refractivity contribution in [2.24, 2.45) is 0 Å². The lowest BCUT2D eigenvalue weighted by Gasteiger charge is -2.27.